The molecule has 1 aliphatic carbocycles. The maximum atomic E-state index is 5.51. The molecule has 0 radical (unpaired) electrons. The highest BCUT2D eigenvalue weighted by Crippen LogP contribution is 2.28. The molecule has 0 amide bonds. The first-order valence-electron chi connectivity index (χ1n) is 11.7. The van der Waals surface area contributed by atoms with E-state index in [0.29, 0.717) is 17.9 Å². The molecule has 33 heavy (non-hydrogen) atoms. The van der Waals surface area contributed by atoms with Gasteiger partial charge in [0.05, 0.1) is 19.7 Å². The summed E-state index contributed by atoms with van der Waals surface area (Å²) in [4.78, 5) is 11.5. The van der Waals surface area contributed by atoms with Crippen LogP contribution in [0.5, 0.6) is 11.5 Å². The van der Waals surface area contributed by atoms with Crippen molar-refractivity contribution in [3.8, 4) is 11.5 Å². The van der Waals surface area contributed by atoms with Crippen molar-refractivity contribution in [1.29, 1.82) is 0 Å². The Balaban J connectivity index is 1.29. The van der Waals surface area contributed by atoms with Gasteiger partial charge in [-0.25, -0.2) is 4.98 Å². The van der Waals surface area contributed by atoms with E-state index in [2.05, 4.69) is 16.7 Å². The van der Waals surface area contributed by atoms with Crippen LogP contribution >= 0.6 is 0 Å². The summed E-state index contributed by atoms with van der Waals surface area (Å²) in [5, 5.41) is 8.29. The third-order valence-corrected chi connectivity index (χ3v) is 6.47. The van der Waals surface area contributed by atoms with E-state index in [1.54, 1.807) is 14.2 Å². The van der Waals surface area contributed by atoms with Crippen LogP contribution in [0.4, 0.5) is 11.8 Å². The third kappa shape index (κ3) is 5.66. The van der Waals surface area contributed by atoms with Crippen LogP contribution in [-0.2, 0) is 6.54 Å². The monoisotopic (exact) mass is 449 g/mol. The summed E-state index contributed by atoms with van der Waals surface area (Å²) < 4.78 is 10.9. The Hall–Kier alpha value is -3.06. The average molecular weight is 450 g/mol. The van der Waals surface area contributed by atoms with Crippen molar-refractivity contribution >= 4 is 22.7 Å². The zero-order valence-electron chi connectivity index (χ0n) is 20.1. The van der Waals surface area contributed by atoms with Gasteiger partial charge in [0.2, 0.25) is 5.95 Å². The lowest BCUT2D eigenvalue weighted by Gasteiger charge is -2.29. The number of aromatic nitrogens is 2. The summed E-state index contributed by atoms with van der Waals surface area (Å²) in [5.41, 5.74) is 2.10. The predicted molar refractivity (Wildman–Crippen MR) is 134 cm³/mol. The van der Waals surface area contributed by atoms with Gasteiger partial charge in [0.25, 0.3) is 0 Å². The number of nitrogens with zero attached hydrogens (tertiary/aromatic N) is 3. The maximum absolute atomic E-state index is 5.51. The van der Waals surface area contributed by atoms with Gasteiger partial charge in [-0.1, -0.05) is 12.1 Å². The highest BCUT2D eigenvalue weighted by atomic mass is 16.5. The molecule has 1 aromatic heterocycles. The van der Waals surface area contributed by atoms with Crippen molar-refractivity contribution in [2.45, 2.75) is 38.3 Å². The minimum atomic E-state index is 0.523. The first kappa shape index (κ1) is 23.1. The zero-order chi connectivity index (χ0) is 23.2. The molecule has 7 heteroatoms. The topological polar surface area (TPSA) is 71.5 Å². The molecule has 4 rings (SSSR count). The Morgan fingerprint density at radius 1 is 0.970 bits per heavy atom. The molecular weight excluding hydrogens is 414 g/mol. The van der Waals surface area contributed by atoms with Gasteiger partial charge in [-0.05, 0) is 61.9 Å². The molecule has 176 valence electrons. The number of ether oxygens (including phenoxy) is 2. The van der Waals surface area contributed by atoms with Crippen LogP contribution in [0.1, 0.15) is 31.2 Å². The highest BCUT2D eigenvalue weighted by molar-refractivity contribution is 5.90. The Labute approximate surface area is 196 Å². The number of para-hydroxylation sites is 1. The lowest BCUT2D eigenvalue weighted by molar-refractivity contribution is 0.298. The van der Waals surface area contributed by atoms with Crippen LogP contribution in [0.15, 0.2) is 42.5 Å². The lowest BCUT2D eigenvalue weighted by atomic mass is 9.86. The number of rotatable bonds is 9. The quantitative estimate of drug-likeness (QED) is 0.499. The first-order valence-corrected chi connectivity index (χ1v) is 11.7. The van der Waals surface area contributed by atoms with Crippen LogP contribution < -0.4 is 25.0 Å². The molecule has 1 aliphatic rings. The fourth-order valence-corrected chi connectivity index (χ4v) is 4.56. The van der Waals surface area contributed by atoms with Crippen LogP contribution in [0.3, 0.4) is 0 Å². The summed E-state index contributed by atoms with van der Waals surface area (Å²) in [5.74, 6) is 4.04. The van der Waals surface area contributed by atoms with Crippen molar-refractivity contribution < 1.29 is 9.47 Å². The molecule has 2 aromatic carbocycles. The van der Waals surface area contributed by atoms with E-state index in [9.17, 15) is 0 Å². The largest absolute Gasteiger partial charge is 0.497 e. The van der Waals surface area contributed by atoms with Gasteiger partial charge in [-0.3, -0.25) is 0 Å². The number of benzene rings is 2. The molecule has 2 N–H and O–H groups in total. The fraction of sp³-hybridized carbons (Fsp3) is 0.462. The predicted octanol–water partition coefficient (Wildman–Crippen LogP) is 4.47. The van der Waals surface area contributed by atoms with E-state index in [1.165, 1.54) is 25.7 Å². The normalized spacial score (nSPS) is 18.2. The van der Waals surface area contributed by atoms with Crippen molar-refractivity contribution in [2.75, 3.05) is 45.1 Å². The molecule has 0 aliphatic heterocycles. The average Bonchev–Trinajstić information content (AvgIpc) is 2.86. The van der Waals surface area contributed by atoms with Crippen molar-refractivity contribution in [3.05, 3.63) is 48.0 Å². The number of anilines is 2. The summed E-state index contributed by atoms with van der Waals surface area (Å²) in [6.07, 6.45) is 4.71. The Morgan fingerprint density at radius 3 is 2.48 bits per heavy atom. The van der Waals surface area contributed by atoms with Gasteiger partial charge in [0.15, 0.2) is 0 Å². The summed E-state index contributed by atoms with van der Waals surface area (Å²) in [6.45, 7) is 1.69. The highest BCUT2D eigenvalue weighted by Gasteiger charge is 2.21. The van der Waals surface area contributed by atoms with Crippen LogP contribution in [0, 0.1) is 5.92 Å². The van der Waals surface area contributed by atoms with Gasteiger partial charge in [0.1, 0.15) is 17.3 Å². The second-order valence-corrected chi connectivity index (χ2v) is 8.94. The number of methoxy groups -OCH3 is 2. The zero-order valence-corrected chi connectivity index (χ0v) is 20.1. The molecule has 1 fully saturated rings. The van der Waals surface area contributed by atoms with Crippen molar-refractivity contribution in [1.82, 2.24) is 15.3 Å². The van der Waals surface area contributed by atoms with Crippen LogP contribution in [0.25, 0.3) is 10.9 Å². The van der Waals surface area contributed by atoms with E-state index in [-0.39, 0.29) is 0 Å². The standard InChI is InChI=1S/C26H35N5O2/c1-31(2)25-22-7-5-6-8-23(22)29-26(30-25)28-16-18-9-11-20(12-10-18)27-17-19-15-21(32-3)13-14-24(19)33-4/h5-8,13-15,18,20,27H,9-12,16-17H2,1-4H3,(H,28,29,30)/t18-,20+. The number of fused-ring (bicyclic) bond motifs is 1. The third-order valence-electron chi connectivity index (χ3n) is 6.47. The molecule has 0 unspecified atom stereocenters. The number of nitrogens with one attached hydrogen (secondary N) is 2. The number of hydrogen-bond donors (Lipinski definition) is 2. The lowest BCUT2D eigenvalue weighted by Crippen LogP contribution is -2.34. The van der Waals surface area contributed by atoms with Crippen LogP contribution in [0.2, 0.25) is 0 Å². The first-order chi connectivity index (χ1) is 16.1. The SMILES string of the molecule is COc1ccc(OC)c(CN[C@H]2CC[C@@H](CNc3nc(N(C)C)c4ccccc4n3)CC2)c1. The van der Waals surface area contributed by atoms with Gasteiger partial charge < -0.3 is 25.0 Å². The van der Waals surface area contributed by atoms with E-state index < -0.39 is 0 Å². The molecule has 0 saturated heterocycles. The van der Waals surface area contributed by atoms with E-state index in [1.807, 2.05) is 55.4 Å². The molecule has 7 nitrogen and oxygen atoms in total. The summed E-state index contributed by atoms with van der Waals surface area (Å²) in [7, 11) is 7.45. The molecule has 0 bridgehead atoms. The molecule has 0 spiro atoms. The van der Waals surface area contributed by atoms with E-state index in [4.69, 9.17) is 19.4 Å². The number of hydrogen-bond acceptors (Lipinski definition) is 7. The molecular formula is C26H35N5O2. The molecule has 3 aromatic rings. The summed E-state index contributed by atoms with van der Waals surface area (Å²) >= 11 is 0. The minimum absolute atomic E-state index is 0.523. The second kappa shape index (κ2) is 10.7. The van der Waals surface area contributed by atoms with E-state index >= 15 is 0 Å². The smallest absolute Gasteiger partial charge is 0.225 e. The van der Waals surface area contributed by atoms with Crippen LogP contribution in [-0.4, -0.2) is 50.9 Å². The Kier molecular flexibility index (Phi) is 7.50. The van der Waals surface area contributed by atoms with Crippen molar-refractivity contribution in [3.63, 3.8) is 0 Å². The fourth-order valence-electron chi connectivity index (χ4n) is 4.56. The van der Waals surface area contributed by atoms with Gasteiger partial charge >= 0.3 is 0 Å². The molecule has 1 saturated carbocycles. The summed E-state index contributed by atoms with van der Waals surface area (Å²) in [6, 6.07) is 14.6. The van der Waals surface area contributed by atoms with Gasteiger partial charge in [-0.2, -0.15) is 4.98 Å². The molecule has 1 heterocycles. The van der Waals surface area contributed by atoms with Gasteiger partial charge in [0, 0.05) is 44.2 Å². The minimum Gasteiger partial charge on any atom is -0.497 e. The molecule has 0 atom stereocenters. The van der Waals surface area contributed by atoms with E-state index in [0.717, 1.165) is 46.9 Å². The Bertz CT molecular complexity index is 1060. The van der Waals surface area contributed by atoms with Gasteiger partial charge in [-0.15, -0.1) is 0 Å². The van der Waals surface area contributed by atoms with Crippen molar-refractivity contribution in [2.24, 2.45) is 5.92 Å². The Morgan fingerprint density at radius 2 is 1.76 bits per heavy atom. The second-order valence-electron chi connectivity index (χ2n) is 8.94. The maximum Gasteiger partial charge on any atom is 0.225 e.